The molecule has 3 heteroatoms. The van der Waals surface area contributed by atoms with Gasteiger partial charge in [-0.25, -0.2) is 4.99 Å². The van der Waals surface area contributed by atoms with E-state index in [1.807, 2.05) is 23.5 Å². The van der Waals surface area contributed by atoms with E-state index in [1.54, 1.807) is 0 Å². The van der Waals surface area contributed by atoms with Crippen molar-refractivity contribution >= 4 is 33.6 Å². The molecular weight excluding hydrogens is 234 g/mol. The van der Waals surface area contributed by atoms with Crippen LogP contribution in [0.2, 0.25) is 0 Å². The monoisotopic (exact) mass is 251 g/mol. The molecule has 1 heterocycles. The molecule has 1 atom stereocenters. The Bertz CT molecular complexity index is 362. The molecule has 1 aromatic carbocycles. The molecular formula is C13H17NS2. The largest absolute Gasteiger partial charge is 0.235 e. The zero-order valence-electron chi connectivity index (χ0n) is 9.77. The normalized spacial score (nSPS) is 17.5. The number of rotatable bonds is 3. The molecule has 0 aromatic heterocycles. The molecule has 0 saturated carbocycles. The first kappa shape index (κ1) is 12.1. The molecule has 0 radical (unpaired) electrons. The summed E-state index contributed by atoms with van der Waals surface area (Å²) >= 11 is 3.73. The van der Waals surface area contributed by atoms with Crippen LogP contribution >= 0.6 is 23.5 Å². The number of benzene rings is 1. The summed E-state index contributed by atoms with van der Waals surface area (Å²) in [5, 5.41) is 0. The van der Waals surface area contributed by atoms with Crippen molar-refractivity contribution in [1.82, 2.24) is 0 Å². The molecule has 1 fully saturated rings. The molecule has 0 bridgehead atoms. The first-order chi connectivity index (χ1) is 7.79. The third-order valence-corrected chi connectivity index (χ3v) is 5.29. The summed E-state index contributed by atoms with van der Waals surface area (Å²) in [7, 11) is 0. The number of hydrogen-bond donors (Lipinski definition) is 0. The molecule has 1 nitrogen and oxygen atoms in total. The van der Waals surface area contributed by atoms with Crippen LogP contribution in [0.15, 0.2) is 29.3 Å². The third kappa shape index (κ3) is 3.05. The van der Waals surface area contributed by atoms with Crippen molar-refractivity contribution in [2.24, 2.45) is 4.99 Å². The minimum atomic E-state index is 0.650. The Morgan fingerprint density at radius 3 is 2.38 bits per heavy atom. The van der Waals surface area contributed by atoms with Crippen LogP contribution in [0.3, 0.4) is 0 Å². The van der Waals surface area contributed by atoms with E-state index in [1.165, 1.54) is 27.9 Å². The molecule has 0 spiro atoms. The predicted molar refractivity (Wildman–Crippen MR) is 77.2 cm³/mol. The number of nitrogens with zero attached hydrogens (tertiary/aromatic N) is 1. The number of hydrogen-bond acceptors (Lipinski definition) is 3. The maximum absolute atomic E-state index is 4.63. The van der Waals surface area contributed by atoms with Crippen molar-refractivity contribution in [2.45, 2.75) is 26.2 Å². The highest BCUT2D eigenvalue weighted by Crippen LogP contribution is 2.29. The molecule has 0 N–H and O–H groups in total. The van der Waals surface area contributed by atoms with Gasteiger partial charge in [-0.1, -0.05) is 49.5 Å². The minimum Gasteiger partial charge on any atom is -0.235 e. The molecule has 1 unspecified atom stereocenters. The quantitative estimate of drug-likeness (QED) is 0.774. The maximum atomic E-state index is 4.63. The van der Waals surface area contributed by atoms with Gasteiger partial charge in [0.1, 0.15) is 4.38 Å². The smallest absolute Gasteiger partial charge is 0.130 e. The Labute approximate surface area is 106 Å². The van der Waals surface area contributed by atoms with Crippen LogP contribution in [-0.2, 0) is 0 Å². The average Bonchev–Trinajstić information content (AvgIpc) is 2.82. The van der Waals surface area contributed by atoms with Crippen molar-refractivity contribution in [3.63, 3.8) is 0 Å². The first-order valence-corrected chi connectivity index (χ1v) is 7.71. The zero-order valence-corrected chi connectivity index (χ0v) is 11.4. The lowest BCUT2D eigenvalue weighted by atomic mass is 9.99. The summed E-state index contributed by atoms with van der Waals surface area (Å²) in [6.45, 7) is 4.49. The van der Waals surface area contributed by atoms with Crippen LogP contribution in [-0.4, -0.2) is 15.9 Å². The Morgan fingerprint density at radius 2 is 1.81 bits per heavy atom. The lowest BCUT2D eigenvalue weighted by Crippen LogP contribution is -1.89. The first-order valence-electron chi connectivity index (χ1n) is 5.74. The van der Waals surface area contributed by atoms with Crippen LogP contribution in [0.5, 0.6) is 0 Å². The molecule has 1 saturated heterocycles. The van der Waals surface area contributed by atoms with E-state index in [0.29, 0.717) is 5.92 Å². The van der Waals surface area contributed by atoms with E-state index in [9.17, 15) is 0 Å². The molecule has 16 heavy (non-hydrogen) atoms. The summed E-state index contributed by atoms with van der Waals surface area (Å²) in [4.78, 5) is 4.63. The van der Waals surface area contributed by atoms with Crippen LogP contribution in [0.25, 0.3) is 0 Å². The fraction of sp³-hybridized carbons (Fsp3) is 0.462. The highest BCUT2D eigenvalue weighted by molar-refractivity contribution is 8.41. The molecule has 86 valence electrons. The zero-order chi connectivity index (χ0) is 11.4. The van der Waals surface area contributed by atoms with Crippen molar-refractivity contribution in [3.05, 3.63) is 29.8 Å². The lowest BCUT2D eigenvalue weighted by Gasteiger charge is -2.08. The van der Waals surface area contributed by atoms with Crippen LogP contribution in [0, 0.1) is 0 Å². The molecule has 0 amide bonds. The Kier molecular flexibility index (Phi) is 4.36. The highest BCUT2D eigenvalue weighted by Gasteiger charge is 2.09. The van der Waals surface area contributed by atoms with Crippen LogP contribution in [0.1, 0.15) is 31.7 Å². The third-order valence-electron chi connectivity index (χ3n) is 2.83. The van der Waals surface area contributed by atoms with Crippen molar-refractivity contribution < 1.29 is 0 Å². The van der Waals surface area contributed by atoms with Gasteiger partial charge in [-0.05, 0) is 30.0 Å². The predicted octanol–water partition coefficient (Wildman–Crippen LogP) is 4.67. The van der Waals surface area contributed by atoms with Gasteiger partial charge >= 0.3 is 0 Å². The molecule has 1 aliphatic heterocycles. The van der Waals surface area contributed by atoms with Gasteiger partial charge < -0.3 is 0 Å². The SMILES string of the molecule is CCC(C)c1ccc(N=C2SCCS2)cc1. The molecule has 2 rings (SSSR count). The van der Waals surface area contributed by atoms with Crippen LogP contribution < -0.4 is 0 Å². The average molecular weight is 251 g/mol. The second-order valence-corrected chi connectivity index (χ2v) is 6.40. The number of aliphatic imine (C=N–C) groups is 1. The van der Waals surface area contributed by atoms with Gasteiger partial charge in [0, 0.05) is 11.5 Å². The fourth-order valence-electron chi connectivity index (χ4n) is 1.58. The summed E-state index contributed by atoms with van der Waals surface area (Å²) in [5.74, 6) is 3.06. The van der Waals surface area contributed by atoms with E-state index < -0.39 is 0 Å². The van der Waals surface area contributed by atoms with E-state index >= 15 is 0 Å². The van der Waals surface area contributed by atoms with Gasteiger partial charge in [-0.15, -0.1) is 0 Å². The summed E-state index contributed by atoms with van der Waals surface area (Å²) in [6.07, 6.45) is 1.19. The minimum absolute atomic E-state index is 0.650. The number of thioether (sulfide) groups is 2. The second kappa shape index (κ2) is 5.78. The Morgan fingerprint density at radius 1 is 1.19 bits per heavy atom. The van der Waals surface area contributed by atoms with Gasteiger partial charge in [-0.2, -0.15) is 0 Å². The van der Waals surface area contributed by atoms with Gasteiger partial charge in [0.2, 0.25) is 0 Å². The lowest BCUT2D eigenvalue weighted by molar-refractivity contribution is 0.734. The molecule has 1 aliphatic rings. The van der Waals surface area contributed by atoms with Crippen LogP contribution in [0.4, 0.5) is 5.69 Å². The Balaban J connectivity index is 2.10. The summed E-state index contributed by atoms with van der Waals surface area (Å²) in [6, 6.07) is 8.68. The van der Waals surface area contributed by atoms with E-state index in [-0.39, 0.29) is 0 Å². The van der Waals surface area contributed by atoms with Gasteiger partial charge in [0.15, 0.2) is 0 Å². The van der Waals surface area contributed by atoms with Gasteiger partial charge in [-0.3, -0.25) is 0 Å². The maximum Gasteiger partial charge on any atom is 0.130 e. The molecule has 0 aliphatic carbocycles. The fourth-order valence-corrected chi connectivity index (χ4v) is 3.77. The Hall–Kier alpha value is -0.410. The van der Waals surface area contributed by atoms with Crippen molar-refractivity contribution in [1.29, 1.82) is 0 Å². The van der Waals surface area contributed by atoms with Gasteiger partial charge in [0.05, 0.1) is 5.69 Å². The van der Waals surface area contributed by atoms with Gasteiger partial charge in [0.25, 0.3) is 0 Å². The topological polar surface area (TPSA) is 12.4 Å². The van der Waals surface area contributed by atoms with Crippen molar-refractivity contribution in [2.75, 3.05) is 11.5 Å². The second-order valence-electron chi connectivity index (χ2n) is 3.98. The van der Waals surface area contributed by atoms with E-state index in [4.69, 9.17) is 0 Å². The van der Waals surface area contributed by atoms with E-state index in [2.05, 4.69) is 43.1 Å². The summed E-state index contributed by atoms with van der Waals surface area (Å²) < 4.78 is 1.22. The van der Waals surface area contributed by atoms with E-state index in [0.717, 1.165) is 5.69 Å². The van der Waals surface area contributed by atoms with Crippen molar-refractivity contribution in [3.8, 4) is 0 Å². The summed E-state index contributed by atoms with van der Waals surface area (Å²) in [5.41, 5.74) is 2.50. The standard InChI is InChI=1S/C13H17NS2/c1-3-10(2)11-4-6-12(7-5-11)14-13-15-8-9-16-13/h4-7,10H,3,8-9H2,1-2H3. The highest BCUT2D eigenvalue weighted by atomic mass is 32.2. The molecule has 1 aromatic rings.